The molecule has 2 rings (SSSR count). The third-order valence-corrected chi connectivity index (χ3v) is 3.67. The Bertz CT molecular complexity index is 445. The fourth-order valence-electron chi connectivity index (χ4n) is 2.61. The van der Waals surface area contributed by atoms with Crippen molar-refractivity contribution in [2.24, 2.45) is 5.73 Å². The smallest absolute Gasteiger partial charge is 0.141 e. The minimum absolute atomic E-state index is 0.0329. The van der Waals surface area contributed by atoms with Crippen molar-refractivity contribution >= 4 is 5.84 Å². The zero-order chi connectivity index (χ0) is 13.8. The van der Waals surface area contributed by atoms with E-state index in [1.54, 1.807) is 6.20 Å². The first-order valence-corrected chi connectivity index (χ1v) is 6.78. The van der Waals surface area contributed by atoms with Crippen molar-refractivity contribution in [3.05, 3.63) is 29.6 Å². The molecule has 1 saturated heterocycles. The van der Waals surface area contributed by atoms with Gasteiger partial charge in [0.25, 0.3) is 0 Å². The van der Waals surface area contributed by atoms with Crippen molar-refractivity contribution in [1.29, 1.82) is 5.41 Å². The maximum absolute atomic E-state index is 7.45. The fourth-order valence-corrected chi connectivity index (χ4v) is 2.61. The van der Waals surface area contributed by atoms with E-state index in [0.29, 0.717) is 11.7 Å². The van der Waals surface area contributed by atoms with Crippen molar-refractivity contribution < 1.29 is 0 Å². The molecule has 104 valence electrons. The number of likely N-dealkylation sites (N-methyl/N-ethyl adjacent to an activating group) is 1. The summed E-state index contributed by atoms with van der Waals surface area (Å²) in [5, 5.41) is 7.45. The molecule has 1 aliphatic heterocycles. The van der Waals surface area contributed by atoms with Gasteiger partial charge in [0.1, 0.15) is 11.5 Å². The lowest BCUT2D eigenvalue weighted by Crippen LogP contribution is -2.37. The molecule has 1 fully saturated rings. The Balaban J connectivity index is 2.07. The van der Waals surface area contributed by atoms with Crippen LogP contribution in [0.3, 0.4) is 0 Å². The van der Waals surface area contributed by atoms with E-state index < -0.39 is 0 Å². The third kappa shape index (κ3) is 3.75. The van der Waals surface area contributed by atoms with Gasteiger partial charge in [0.15, 0.2) is 0 Å². The summed E-state index contributed by atoms with van der Waals surface area (Å²) < 4.78 is 0. The van der Waals surface area contributed by atoms with Crippen molar-refractivity contribution in [1.82, 2.24) is 14.8 Å². The normalized spacial score (nSPS) is 22.1. The molecule has 1 aromatic rings. The van der Waals surface area contributed by atoms with Gasteiger partial charge < -0.3 is 10.6 Å². The van der Waals surface area contributed by atoms with E-state index in [9.17, 15) is 0 Å². The Morgan fingerprint density at radius 1 is 1.53 bits per heavy atom. The molecule has 1 atom stereocenters. The highest BCUT2D eigenvalue weighted by Crippen LogP contribution is 2.13. The summed E-state index contributed by atoms with van der Waals surface area (Å²) in [6, 6.07) is 4.47. The van der Waals surface area contributed by atoms with Gasteiger partial charge in [0, 0.05) is 31.9 Å². The van der Waals surface area contributed by atoms with Gasteiger partial charge in [-0.2, -0.15) is 0 Å². The van der Waals surface area contributed by atoms with Gasteiger partial charge in [-0.1, -0.05) is 0 Å². The Morgan fingerprint density at radius 2 is 2.32 bits per heavy atom. The molecule has 0 saturated carbocycles. The van der Waals surface area contributed by atoms with Crippen LogP contribution in [0.15, 0.2) is 18.3 Å². The van der Waals surface area contributed by atoms with Crippen LogP contribution in [0.4, 0.5) is 0 Å². The Morgan fingerprint density at radius 3 is 3.05 bits per heavy atom. The zero-order valence-corrected chi connectivity index (χ0v) is 11.8. The second-order valence-corrected chi connectivity index (χ2v) is 5.40. The average Bonchev–Trinajstić information content (AvgIpc) is 2.52. The monoisotopic (exact) mass is 261 g/mol. The van der Waals surface area contributed by atoms with Gasteiger partial charge in [-0.3, -0.25) is 15.3 Å². The molecular weight excluding hydrogens is 238 g/mol. The fraction of sp³-hybridized carbons (Fsp3) is 0.571. The highest BCUT2D eigenvalue weighted by atomic mass is 15.2. The van der Waals surface area contributed by atoms with Crippen LogP contribution in [-0.4, -0.2) is 53.3 Å². The molecule has 0 aliphatic carbocycles. The van der Waals surface area contributed by atoms with Crippen molar-refractivity contribution in [3.8, 4) is 0 Å². The first-order chi connectivity index (χ1) is 9.06. The van der Waals surface area contributed by atoms with Crippen molar-refractivity contribution in [2.45, 2.75) is 25.9 Å². The lowest BCUT2D eigenvalue weighted by Gasteiger charge is -2.27. The molecular formula is C14H23N5. The molecule has 5 nitrogen and oxygen atoms in total. The third-order valence-electron chi connectivity index (χ3n) is 3.67. The number of hydrogen-bond donors (Lipinski definition) is 2. The predicted molar refractivity (Wildman–Crippen MR) is 77.2 cm³/mol. The van der Waals surface area contributed by atoms with Crippen LogP contribution in [0.5, 0.6) is 0 Å². The maximum atomic E-state index is 7.45. The van der Waals surface area contributed by atoms with Crippen LogP contribution in [0, 0.1) is 5.41 Å². The quantitative estimate of drug-likeness (QED) is 0.626. The number of rotatable bonds is 3. The molecule has 0 aromatic carbocycles. The van der Waals surface area contributed by atoms with Crippen LogP contribution >= 0.6 is 0 Å². The van der Waals surface area contributed by atoms with Gasteiger partial charge >= 0.3 is 0 Å². The molecule has 1 aliphatic rings. The number of nitrogens with one attached hydrogen (secondary N) is 1. The predicted octanol–water partition coefficient (Wildman–Crippen LogP) is 0.892. The minimum atomic E-state index is 0.0329. The largest absolute Gasteiger partial charge is 0.382 e. The molecule has 5 heteroatoms. The number of nitrogen functional groups attached to an aromatic ring is 1. The molecule has 0 bridgehead atoms. The number of pyridine rings is 1. The van der Waals surface area contributed by atoms with Crippen molar-refractivity contribution in [2.75, 3.05) is 26.7 Å². The Labute approximate surface area is 114 Å². The standard InChI is InChI=1S/C14H23N5/c1-11-9-18(2)6-3-7-19(11)10-12-4-5-17-13(8-12)14(15)16/h4-5,8,11H,3,6-7,9-10H2,1-2H3,(H3,15,16). The van der Waals surface area contributed by atoms with E-state index in [-0.39, 0.29) is 5.84 Å². The molecule has 1 aromatic heterocycles. The average molecular weight is 261 g/mol. The van der Waals surface area contributed by atoms with E-state index in [4.69, 9.17) is 11.1 Å². The van der Waals surface area contributed by atoms with Gasteiger partial charge in [-0.25, -0.2) is 0 Å². The topological polar surface area (TPSA) is 69.2 Å². The van der Waals surface area contributed by atoms with E-state index in [1.807, 2.05) is 12.1 Å². The molecule has 0 radical (unpaired) electrons. The summed E-state index contributed by atoms with van der Waals surface area (Å²) in [5.74, 6) is 0.0329. The summed E-state index contributed by atoms with van der Waals surface area (Å²) in [5.41, 5.74) is 7.23. The summed E-state index contributed by atoms with van der Waals surface area (Å²) in [6.45, 7) is 6.55. The van der Waals surface area contributed by atoms with E-state index in [1.165, 1.54) is 12.0 Å². The van der Waals surface area contributed by atoms with Crippen LogP contribution in [0.1, 0.15) is 24.6 Å². The van der Waals surface area contributed by atoms with Crippen LogP contribution in [0.2, 0.25) is 0 Å². The van der Waals surface area contributed by atoms with E-state index in [2.05, 4.69) is 28.8 Å². The second-order valence-electron chi connectivity index (χ2n) is 5.40. The number of amidine groups is 1. The number of nitrogens with zero attached hydrogens (tertiary/aromatic N) is 3. The van der Waals surface area contributed by atoms with Gasteiger partial charge in [-0.15, -0.1) is 0 Å². The molecule has 19 heavy (non-hydrogen) atoms. The highest BCUT2D eigenvalue weighted by molar-refractivity contribution is 5.93. The summed E-state index contributed by atoms with van der Waals surface area (Å²) in [7, 11) is 2.18. The van der Waals surface area contributed by atoms with Gasteiger partial charge in [0.05, 0.1) is 0 Å². The SMILES string of the molecule is CC1CN(C)CCCN1Cc1ccnc(C(=N)N)c1. The first-order valence-electron chi connectivity index (χ1n) is 6.78. The molecule has 0 spiro atoms. The van der Waals surface area contributed by atoms with Crippen LogP contribution in [-0.2, 0) is 6.54 Å². The van der Waals surface area contributed by atoms with E-state index in [0.717, 1.165) is 26.2 Å². The molecule has 0 amide bonds. The Hall–Kier alpha value is -1.46. The second kappa shape index (κ2) is 6.12. The zero-order valence-electron chi connectivity index (χ0n) is 11.8. The number of nitrogens with two attached hydrogens (primary N) is 1. The lowest BCUT2D eigenvalue weighted by atomic mass is 10.1. The van der Waals surface area contributed by atoms with E-state index >= 15 is 0 Å². The highest BCUT2D eigenvalue weighted by Gasteiger charge is 2.19. The molecule has 2 heterocycles. The molecule has 1 unspecified atom stereocenters. The number of aromatic nitrogens is 1. The number of hydrogen-bond acceptors (Lipinski definition) is 4. The lowest BCUT2D eigenvalue weighted by molar-refractivity contribution is 0.194. The Kier molecular flexibility index (Phi) is 4.50. The van der Waals surface area contributed by atoms with Gasteiger partial charge in [0.2, 0.25) is 0 Å². The summed E-state index contributed by atoms with van der Waals surface area (Å²) in [4.78, 5) is 8.98. The summed E-state index contributed by atoms with van der Waals surface area (Å²) >= 11 is 0. The maximum Gasteiger partial charge on any atom is 0.141 e. The summed E-state index contributed by atoms with van der Waals surface area (Å²) in [6.07, 6.45) is 2.94. The van der Waals surface area contributed by atoms with Crippen LogP contribution in [0.25, 0.3) is 0 Å². The first kappa shape index (κ1) is 14.0. The van der Waals surface area contributed by atoms with Gasteiger partial charge in [-0.05, 0) is 44.6 Å². The minimum Gasteiger partial charge on any atom is -0.382 e. The van der Waals surface area contributed by atoms with Crippen molar-refractivity contribution in [3.63, 3.8) is 0 Å². The molecule has 3 N–H and O–H groups in total. The van der Waals surface area contributed by atoms with Crippen LogP contribution < -0.4 is 5.73 Å².